The molecule has 5 heteroatoms. The number of primary amides is 1. The Balaban J connectivity index is 2.54. The van der Waals surface area contributed by atoms with Gasteiger partial charge < -0.3 is 10.3 Å². The maximum absolute atomic E-state index is 13.2. The second kappa shape index (κ2) is 4.60. The summed E-state index contributed by atoms with van der Waals surface area (Å²) in [5.74, 6) is -0.940. The zero-order chi connectivity index (χ0) is 13.3. The van der Waals surface area contributed by atoms with E-state index < -0.39 is 11.7 Å². The van der Waals surface area contributed by atoms with Crippen LogP contribution in [0.5, 0.6) is 0 Å². The Morgan fingerprint density at radius 3 is 2.72 bits per heavy atom. The smallest absolute Gasteiger partial charge is 0.219 e. The van der Waals surface area contributed by atoms with Crippen molar-refractivity contribution in [3.05, 3.63) is 35.8 Å². The van der Waals surface area contributed by atoms with Gasteiger partial charge in [0.2, 0.25) is 5.91 Å². The van der Waals surface area contributed by atoms with E-state index in [1.54, 1.807) is 16.8 Å². The van der Waals surface area contributed by atoms with Crippen LogP contribution in [0.15, 0.2) is 24.4 Å². The van der Waals surface area contributed by atoms with Gasteiger partial charge in [-0.1, -0.05) is 0 Å². The maximum Gasteiger partial charge on any atom is 0.219 e. The molecular formula is C13H13FN2O2. The zero-order valence-corrected chi connectivity index (χ0v) is 9.94. The molecule has 0 saturated carbocycles. The van der Waals surface area contributed by atoms with E-state index in [2.05, 4.69) is 0 Å². The Bertz CT molecular complexity index is 631. The summed E-state index contributed by atoms with van der Waals surface area (Å²) in [6, 6.07) is 4.25. The van der Waals surface area contributed by atoms with Gasteiger partial charge in [0, 0.05) is 35.6 Å². The number of amides is 1. The molecule has 18 heavy (non-hydrogen) atoms. The van der Waals surface area contributed by atoms with Crippen molar-refractivity contribution in [3.8, 4) is 0 Å². The van der Waals surface area contributed by atoms with Gasteiger partial charge in [0.15, 0.2) is 5.78 Å². The van der Waals surface area contributed by atoms with E-state index >= 15 is 0 Å². The normalized spacial score (nSPS) is 10.8. The minimum atomic E-state index is -0.414. The molecule has 1 amide bonds. The van der Waals surface area contributed by atoms with Crippen LogP contribution in [0.2, 0.25) is 0 Å². The van der Waals surface area contributed by atoms with E-state index in [0.717, 1.165) is 5.52 Å². The predicted molar refractivity (Wildman–Crippen MR) is 65.7 cm³/mol. The van der Waals surface area contributed by atoms with Gasteiger partial charge in [0.05, 0.1) is 0 Å². The summed E-state index contributed by atoms with van der Waals surface area (Å²) in [6.45, 7) is 1.81. The van der Waals surface area contributed by atoms with Crippen LogP contribution in [0.1, 0.15) is 23.7 Å². The summed E-state index contributed by atoms with van der Waals surface area (Å²) in [6.07, 6.45) is 1.81. The molecule has 0 unspecified atom stereocenters. The lowest BCUT2D eigenvalue weighted by Gasteiger charge is -2.02. The van der Waals surface area contributed by atoms with E-state index in [1.807, 2.05) is 0 Å². The van der Waals surface area contributed by atoms with Crippen molar-refractivity contribution in [2.45, 2.75) is 19.9 Å². The quantitative estimate of drug-likeness (QED) is 0.839. The zero-order valence-electron chi connectivity index (χ0n) is 9.94. The number of hydrogen-bond acceptors (Lipinski definition) is 2. The van der Waals surface area contributed by atoms with Crippen molar-refractivity contribution >= 4 is 22.6 Å². The summed E-state index contributed by atoms with van der Waals surface area (Å²) in [4.78, 5) is 22.3. The lowest BCUT2D eigenvalue weighted by atomic mass is 10.1. The van der Waals surface area contributed by atoms with Crippen LogP contribution in [0.25, 0.3) is 10.9 Å². The van der Waals surface area contributed by atoms with Gasteiger partial charge >= 0.3 is 0 Å². The van der Waals surface area contributed by atoms with E-state index in [0.29, 0.717) is 17.5 Å². The van der Waals surface area contributed by atoms with Gasteiger partial charge in [-0.25, -0.2) is 4.39 Å². The fourth-order valence-corrected chi connectivity index (χ4v) is 1.97. The van der Waals surface area contributed by atoms with Crippen molar-refractivity contribution in [2.75, 3.05) is 0 Å². The number of hydrogen-bond donors (Lipinski definition) is 1. The van der Waals surface area contributed by atoms with Crippen molar-refractivity contribution in [1.82, 2.24) is 4.57 Å². The Hall–Kier alpha value is -2.17. The topological polar surface area (TPSA) is 65.1 Å². The molecule has 0 spiro atoms. The number of Topliss-reactive ketones (excluding diaryl/α,β-unsaturated/α-hetero) is 1. The van der Waals surface area contributed by atoms with E-state index in [1.165, 1.54) is 19.1 Å². The molecule has 0 aliphatic rings. The van der Waals surface area contributed by atoms with Crippen LogP contribution >= 0.6 is 0 Å². The highest BCUT2D eigenvalue weighted by Gasteiger charge is 2.12. The molecule has 2 rings (SSSR count). The molecule has 0 bridgehead atoms. The van der Waals surface area contributed by atoms with E-state index in [9.17, 15) is 14.0 Å². The van der Waals surface area contributed by atoms with Gasteiger partial charge in [-0.05, 0) is 25.1 Å². The average Bonchev–Trinajstić information content (AvgIpc) is 2.64. The van der Waals surface area contributed by atoms with Crippen LogP contribution in [0.3, 0.4) is 0 Å². The molecule has 0 aliphatic carbocycles. The second-order valence-corrected chi connectivity index (χ2v) is 4.17. The van der Waals surface area contributed by atoms with E-state index in [-0.39, 0.29) is 12.2 Å². The fraction of sp³-hybridized carbons (Fsp3) is 0.231. The third kappa shape index (κ3) is 2.25. The first-order chi connectivity index (χ1) is 8.49. The molecule has 1 aromatic carbocycles. The minimum absolute atomic E-state index is 0.136. The van der Waals surface area contributed by atoms with Crippen molar-refractivity contribution in [1.29, 1.82) is 0 Å². The van der Waals surface area contributed by atoms with Crippen LogP contribution in [-0.4, -0.2) is 16.3 Å². The maximum atomic E-state index is 13.2. The first-order valence-corrected chi connectivity index (χ1v) is 5.56. The monoisotopic (exact) mass is 248 g/mol. The van der Waals surface area contributed by atoms with Gasteiger partial charge in [-0.2, -0.15) is 0 Å². The van der Waals surface area contributed by atoms with Crippen LogP contribution < -0.4 is 5.73 Å². The van der Waals surface area contributed by atoms with Gasteiger partial charge in [0.25, 0.3) is 0 Å². The predicted octanol–water partition coefficient (Wildman–Crippen LogP) is 1.86. The van der Waals surface area contributed by atoms with Gasteiger partial charge in [-0.3, -0.25) is 9.59 Å². The highest BCUT2D eigenvalue weighted by molar-refractivity contribution is 6.07. The van der Waals surface area contributed by atoms with Gasteiger partial charge in [0.1, 0.15) is 5.82 Å². The molecule has 0 atom stereocenters. The molecule has 1 heterocycles. The summed E-state index contributed by atoms with van der Waals surface area (Å²) < 4.78 is 15.0. The number of fused-ring (bicyclic) bond motifs is 1. The fourth-order valence-electron chi connectivity index (χ4n) is 1.97. The number of nitrogens with zero attached hydrogens (tertiary/aromatic N) is 1. The van der Waals surface area contributed by atoms with Crippen molar-refractivity contribution in [3.63, 3.8) is 0 Å². The number of nitrogens with two attached hydrogens (primary N) is 1. The second-order valence-electron chi connectivity index (χ2n) is 4.17. The summed E-state index contributed by atoms with van der Waals surface area (Å²) in [5, 5.41) is 0.562. The Morgan fingerprint density at radius 1 is 1.39 bits per heavy atom. The molecule has 0 saturated heterocycles. The molecule has 2 aromatic rings. The number of carbonyl (C=O) groups excluding carboxylic acids is 2. The molecule has 0 radical (unpaired) electrons. The molecular weight excluding hydrogens is 235 g/mol. The SMILES string of the molecule is CC(=O)c1cn(CCC(N)=O)c2ccc(F)cc12. The molecule has 0 fully saturated rings. The third-order valence-corrected chi connectivity index (χ3v) is 2.82. The molecule has 94 valence electrons. The largest absolute Gasteiger partial charge is 0.370 e. The summed E-state index contributed by atoms with van der Waals surface area (Å²) >= 11 is 0. The number of rotatable bonds is 4. The Kier molecular flexibility index (Phi) is 3.14. The Morgan fingerprint density at radius 2 is 2.11 bits per heavy atom. The van der Waals surface area contributed by atoms with E-state index in [4.69, 9.17) is 5.73 Å². The number of aromatic nitrogens is 1. The van der Waals surface area contributed by atoms with Crippen molar-refractivity contribution in [2.24, 2.45) is 5.73 Å². The van der Waals surface area contributed by atoms with Crippen LogP contribution in [0.4, 0.5) is 4.39 Å². The molecule has 0 aliphatic heterocycles. The highest BCUT2D eigenvalue weighted by atomic mass is 19.1. The summed E-state index contributed by atoms with van der Waals surface area (Å²) in [7, 11) is 0. The van der Waals surface area contributed by atoms with Crippen molar-refractivity contribution < 1.29 is 14.0 Å². The summed E-state index contributed by atoms with van der Waals surface area (Å²) in [5.41, 5.74) is 6.27. The Labute approximate surface area is 103 Å². The van der Waals surface area contributed by atoms with Crippen LogP contribution in [0, 0.1) is 5.82 Å². The number of ketones is 1. The lowest BCUT2D eigenvalue weighted by Crippen LogP contribution is -2.13. The lowest BCUT2D eigenvalue weighted by molar-refractivity contribution is -0.118. The van der Waals surface area contributed by atoms with Gasteiger partial charge in [-0.15, -0.1) is 0 Å². The first-order valence-electron chi connectivity index (χ1n) is 5.56. The number of halogens is 1. The first kappa shape index (κ1) is 12.3. The average molecular weight is 248 g/mol. The number of carbonyl (C=O) groups is 2. The molecule has 2 N–H and O–H groups in total. The molecule has 4 nitrogen and oxygen atoms in total. The minimum Gasteiger partial charge on any atom is -0.370 e. The third-order valence-electron chi connectivity index (χ3n) is 2.82. The highest BCUT2D eigenvalue weighted by Crippen LogP contribution is 2.23. The number of aryl methyl sites for hydroxylation is 1. The molecule has 1 aromatic heterocycles. The van der Waals surface area contributed by atoms with Crippen LogP contribution in [-0.2, 0) is 11.3 Å². The number of benzene rings is 1. The standard InChI is InChI=1S/C13H13FN2O2/c1-8(17)11-7-16(5-4-13(15)18)12-3-2-9(14)6-10(11)12/h2-3,6-7H,4-5H2,1H3,(H2,15,18).